The smallest absolute Gasteiger partial charge is 0.349 e. The molecule has 1 aromatic carbocycles. The zero-order valence-electron chi connectivity index (χ0n) is 15.5. The molecule has 0 aliphatic heterocycles. The van der Waals surface area contributed by atoms with Crippen LogP contribution in [0, 0.1) is 0 Å². The monoisotopic (exact) mass is 408 g/mol. The molecule has 1 heterocycles. The van der Waals surface area contributed by atoms with Crippen LogP contribution in [0.3, 0.4) is 0 Å². The number of ether oxygens (including phenoxy) is 1. The normalized spacial score (nSPS) is 11.7. The van der Waals surface area contributed by atoms with E-state index < -0.39 is 23.5 Å². The van der Waals surface area contributed by atoms with Gasteiger partial charge in [0.25, 0.3) is 5.91 Å². The summed E-state index contributed by atoms with van der Waals surface area (Å²) in [5, 5.41) is 5.94. The molecule has 9 heteroatoms. The summed E-state index contributed by atoms with van der Waals surface area (Å²) in [6.45, 7) is 3.97. The van der Waals surface area contributed by atoms with Crippen LogP contribution in [0.1, 0.15) is 37.0 Å². The van der Waals surface area contributed by atoms with E-state index in [9.17, 15) is 19.2 Å². The van der Waals surface area contributed by atoms with Crippen LogP contribution in [0.5, 0.6) is 0 Å². The molecule has 8 nitrogen and oxygen atoms in total. The summed E-state index contributed by atoms with van der Waals surface area (Å²) in [5.74, 6) is -1.75. The summed E-state index contributed by atoms with van der Waals surface area (Å²) in [6.07, 6.45) is 0.0423. The second kappa shape index (κ2) is 9.89. The molecule has 1 atom stereocenters. The largest absolute Gasteiger partial charge is 0.464 e. The quantitative estimate of drug-likeness (QED) is 0.510. The molecule has 2 aromatic rings. The van der Waals surface area contributed by atoms with Crippen molar-refractivity contribution in [3.63, 3.8) is 0 Å². The highest BCUT2D eigenvalue weighted by molar-refractivity contribution is 6.31. The van der Waals surface area contributed by atoms with Crippen LogP contribution in [-0.4, -0.2) is 37.0 Å². The lowest BCUT2D eigenvalue weighted by Crippen LogP contribution is -2.43. The molecular weight excluding hydrogens is 388 g/mol. The second-order valence-corrected chi connectivity index (χ2v) is 6.34. The van der Waals surface area contributed by atoms with Crippen LogP contribution in [-0.2, 0) is 14.3 Å². The fourth-order valence-corrected chi connectivity index (χ4v) is 2.72. The topological polar surface area (TPSA) is 115 Å². The van der Waals surface area contributed by atoms with Crippen molar-refractivity contribution >= 4 is 40.4 Å². The third kappa shape index (κ3) is 5.56. The maximum atomic E-state index is 12.6. The predicted octanol–water partition coefficient (Wildman–Crippen LogP) is 2.02. The van der Waals surface area contributed by atoms with Crippen molar-refractivity contribution in [1.82, 2.24) is 10.6 Å². The van der Waals surface area contributed by atoms with E-state index in [1.54, 1.807) is 26.0 Å². The molecule has 0 bridgehead atoms. The summed E-state index contributed by atoms with van der Waals surface area (Å²) < 4.78 is 10.1. The van der Waals surface area contributed by atoms with Crippen molar-refractivity contribution in [1.29, 1.82) is 0 Å². The Morgan fingerprint density at radius 1 is 1.21 bits per heavy atom. The SMILES string of the molecule is CCNC(=O)CC[C@H](NC(=O)c1cc2cc(Cl)ccc2oc1=O)C(=O)OCC. The first kappa shape index (κ1) is 21.4. The summed E-state index contributed by atoms with van der Waals surface area (Å²) in [6, 6.07) is 4.90. The number of nitrogens with one attached hydrogen (secondary N) is 2. The number of amides is 2. The summed E-state index contributed by atoms with van der Waals surface area (Å²) in [5.41, 5.74) is -0.843. The number of halogens is 1. The fourth-order valence-electron chi connectivity index (χ4n) is 2.54. The Morgan fingerprint density at radius 2 is 1.96 bits per heavy atom. The van der Waals surface area contributed by atoms with Gasteiger partial charge in [-0.25, -0.2) is 9.59 Å². The molecule has 2 N–H and O–H groups in total. The number of benzene rings is 1. The molecule has 0 aliphatic carbocycles. The molecule has 0 unspecified atom stereocenters. The Balaban J connectivity index is 2.22. The van der Waals surface area contributed by atoms with Crippen molar-refractivity contribution in [2.45, 2.75) is 32.7 Å². The van der Waals surface area contributed by atoms with E-state index in [0.717, 1.165) is 0 Å². The van der Waals surface area contributed by atoms with Crippen LogP contribution in [0.4, 0.5) is 0 Å². The molecule has 150 valence electrons. The Morgan fingerprint density at radius 3 is 2.64 bits per heavy atom. The highest BCUT2D eigenvalue weighted by Gasteiger charge is 2.25. The number of carbonyl (C=O) groups excluding carboxylic acids is 3. The third-order valence-electron chi connectivity index (χ3n) is 3.85. The molecule has 0 saturated heterocycles. The Bertz CT molecular complexity index is 940. The van der Waals surface area contributed by atoms with E-state index in [0.29, 0.717) is 17.0 Å². The highest BCUT2D eigenvalue weighted by atomic mass is 35.5. The zero-order chi connectivity index (χ0) is 20.7. The van der Waals surface area contributed by atoms with E-state index in [2.05, 4.69) is 10.6 Å². The van der Waals surface area contributed by atoms with Gasteiger partial charge in [-0.2, -0.15) is 0 Å². The fraction of sp³-hybridized carbons (Fsp3) is 0.368. The molecule has 0 spiro atoms. The van der Waals surface area contributed by atoms with E-state index in [1.165, 1.54) is 12.1 Å². The maximum absolute atomic E-state index is 12.6. The highest BCUT2D eigenvalue weighted by Crippen LogP contribution is 2.19. The van der Waals surface area contributed by atoms with Gasteiger partial charge < -0.3 is 19.8 Å². The van der Waals surface area contributed by atoms with Gasteiger partial charge in [0, 0.05) is 23.4 Å². The number of carbonyl (C=O) groups is 3. The van der Waals surface area contributed by atoms with Crippen LogP contribution < -0.4 is 16.3 Å². The van der Waals surface area contributed by atoms with Gasteiger partial charge in [0.2, 0.25) is 5.91 Å². The molecule has 0 fully saturated rings. The minimum atomic E-state index is -1.08. The number of esters is 1. The van der Waals surface area contributed by atoms with Gasteiger partial charge in [0.1, 0.15) is 17.2 Å². The van der Waals surface area contributed by atoms with Gasteiger partial charge in [-0.3, -0.25) is 9.59 Å². The van der Waals surface area contributed by atoms with Crippen molar-refractivity contribution in [2.75, 3.05) is 13.2 Å². The molecule has 1 aromatic heterocycles. The van der Waals surface area contributed by atoms with Gasteiger partial charge in [-0.1, -0.05) is 11.6 Å². The van der Waals surface area contributed by atoms with Gasteiger partial charge in [-0.15, -0.1) is 0 Å². The first-order valence-corrected chi connectivity index (χ1v) is 9.21. The summed E-state index contributed by atoms with van der Waals surface area (Å²) in [7, 11) is 0. The standard InChI is InChI=1S/C19H21ClN2O6/c1-3-21-16(23)8-6-14(19(26)27-4-2)22-17(24)13-10-11-9-12(20)5-7-15(11)28-18(13)25/h5,7,9-10,14H,3-4,6,8H2,1-2H3,(H,21,23)(H,22,24)/t14-/m0/s1. The average molecular weight is 409 g/mol. The first-order chi connectivity index (χ1) is 13.3. The molecular formula is C19H21ClN2O6. The van der Waals surface area contributed by atoms with Gasteiger partial charge >= 0.3 is 11.6 Å². The van der Waals surface area contributed by atoms with Crippen molar-refractivity contribution in [2.24, 2.45) is 0 Å². The predicted molar refractivity (Wildman–Crippen MR) is 103 cm³/mol. The van der Waals surface area contributed by atoms with Crippen LogP contribution >= 0.6 is 11.6 Å². The molecule has 0 radical (unpaired) electrons. The van der Waals surface area contributed by atoms with E-state index in [4.69, 9.17) is 20.8 Å². The lowest BCUT2D eigenvalue weighted by molar-refractivity contribution is -0.145. The zero-order valence-corrected chi connectivity index (χ0v) is 16.3. The summed E-state index contributed by atoms with van der Waals surface area (Å²) in [4.78, 5) is 48.5. The third-order valence-corrected chi connectivity index (χ3v) is 4.08. The molecule has 28 heavy (non-hydrogen) atoms. The van der Waals surface area contributed by atoms with Gasteiger partial charge in [-0.05, 0) is 44.5 Å². The Hall–Kier alpha value is -2.87. The minimum Gasteiger partial charge on any atom is -0.464 e. The molecule has 0 saturated carbocycles. The van der Waals surface area contributed by atoms with Crippen LogP contribution in [0.2, 0.25) is 5.02 Å². The molecule has 0 aliphatic rings. The van der Waals surface area contributed by atoms with Crippen molar-refractivity contribution in [3.8, 4) is 0 Å². The second-order valence-electron chi connectivity index (χ2n) is 5.90. The van der Waals surface area contributed by atoms with Gasteiger partial charge in [0.05, 0.1) is 6.61 Å². The minimum absolute atomic E-state index is 0.0134. The average Bonchev–Trinajstić information content (AvgIpc) is 2.65. The number of rotatable bonds is 8. The summed E-state index contributed by atoms with van der Waals surface area (Å²) >= 11 is 5.93. The van der Waals surface area contributed by atoms with Gasteiger partial charge in [0.15, 0.2) is 0 Å². The lowest BCUT2D eigenvalue weighted by Gasteiger charge is -2.17. The Kier molecular flexibility index (Phi) is 7.57. The molecule has 2 amide bonds. The maximum Gasteiger partial charge on any atom is 0.349 e. The molecule has 2 rings (SSSR count). The van der Waals surface area contributed by atoms with Crippen molar-refractivity contribution < 1.29 is 23.5 Å². The van der Waals surface area contributed by atoms with Crippen LogP contribution in [0.25, 0.3) is 11.0 Å². The number of fused-ring (bicyclic) bond motifs is 1. The van der Waals surface area contributed by atoms with E-state index in [-0.39, 0.29) is 36.5 Å². The van der Waals surface area contributed by atoms with E-state index in [1.807, 2.05) is 0 Å². The Labute approximate surface area is 166 Å². The number of hydrogen-bond donors (Lipinski definition) is 2. The van der Waals surface area contributed by atoms with Crippen LogP contribution in [0.15, 0.2) is 33.5 Å². The lowest BCUT2D eigenvalue weighted by atomic mass is 10.1. The first-order valence-electron chi connectivity index (χ1n) is 8.83. The van der Waals surface area contributed by atoms with Crippen molar-refractivity contribution in [3.05, 3.63) is 45.3 Å². The van der Waals surface area contributed by atoms with E-state index >= 15 is 0 Å². The number of hydrogen-bond acceptors (Lipinski definition) is 6.